The van der Waals surface area contributed by atoms with Gasteiger partial charge < -0.3 is 5.32 Å². The fourth-order valence-electron chi connectivity index (χ4n) is 4.53. The van der Waals surface area contributed by atoms with Crippen LogP contribution in [0.1, 0.15) is 18.5 Å². The van der Waals surface area contributed by atoms with Gasteiger partial charge in [-0.1, -0.05) is 42.5 Å². The second-order valence-electron chi connectivity index (χ2n) is 8.09. The minimum atomic E-state index is -0.765. The van der Waals surface area contributed by atoms with Crippen molar-refractivity contribution >= 4 is 23.2 Å². The van der Waals surface area contributed by atoms with Crippen molar-refractivity contribution in [2.45, 2.75) is 18.3 Å². The number of likely N-dealkylation sites (tertiary alicyclic amines) is 1. The molecule has 0 aliphatic carbocycles. The molecule has 2 heterocycles. The van der Waals surface area contributed by atoms with Gasteiger partial charge in [0.2, 0.25) is 11.8 Å². The number of para-hydroxylation sites is 2. The summed E-state index contributed by atoms with van der Waals surface area (Å²) in [6.45, 7) is 1.43. The van der Waals surface area contributed by atoms with Crippen LogP contribution in [-0.2, 0) is 15.0 Å². The Hall–Kier alpha value is -3.51. The molecule has 164 valence electrons. The van der Waals surface area contributed by atoms with Gasteiger partial charge in [-0.3, -0.25) is 24.4 Å². The Labute approximate surface area is 188 Å². The number of amides is 2. The first kappa shape index (κ1) is 21.7. The lowest BCUT2D eigenvalue weighted by Crippen LogP contribution is -2.56. The summed E-state index contributed by atoms with van der Waals surface area (Å²) in [4.78, 5) is 34.9. The van der Waals surface area contributed by atoms with E-state index in [1.165, 1.54) is 0 Å². The molecule has 3 aromatic rings. The first-order valence-electron chi connectivity index (χ1n) is 10.9. The monoisotopic (exact) mass is 428 g/mol. The largest absolute Gasteiger partial charge is 0.358 e. The number of piperidine rings is 1. The Kier molecular flexibility index (Phi) is 6.61. The van der Waals surface area contributed by atoms with E-state index in [2.05, 4.69) is 15.2 Å². The van der Waals surface area contributed by atoms with Crippen molar-refractivity contribution in [1.29, 1.82) is 0 Å². The van der Waals surface area contributed by atoms with Gasteiger partial charge in [0.1, 0.15) is 5.41 Å². The standard InChI is InChI=1S/C26H28N4O2/c1-27-25(32)26(23-15-8-9-17-28-23)16-10-18-29(20-26)19-24(31)30(21-11-4-2-5-12-21)22-13-6-3-7-14-22/h2-9,11-15,17H,10,16,18-20H2,1H3,(H,27,32)/t26-/m1/s1. The van der Waals surface area contributed by atoms with Crippen molar-refractivity contribution in [3.05, 3.63) is 90.8 Å². The molecule has 1 atom stereocenters. The number of rotatable bonds is 6. The summed E-state index contributed by atoms with van der Waals surface area (Å²) in [5, 5.41) is 2.82. The highest BCUT2D eigenvalue weighted by Crippen LogP contribution is 2.34. The third kappa shape index (κ3) is 4.41. The van der Waals surface area contributed by atoms with Crippen molar-refractivity contribution in [3.63, 3.8) is 0 Å². The Morgan fingerprint density at radius 3 is 2.16 bits per heavy atom. The minimum Gasteiger partial charge on any atom is -0.358 e. The van der Waals surface area contributed by atoms with Gasteiger partial charge in [0, 0.05) is 31.2 Å². The molecule has 1 fully saturated rings. The molecule has 2 amide bonds. The Bertz CT molecular complexity index is 1000. The van der Waals surface area contributed by atoms with Gasteiger partial charge in [-0.05, 0) is 55.8 Å². The molecule has 1 aliphatic rings. The van der Waals surface area contributed by atoms with Crippen molar-refractivity contribution < 1.29 is 9.59 Å². The summed E-state index contributed by atoms with van der Waals surface area (Å²) >= 11 is 0. The fraction of sp³-hybridized carbons (Fsp3) is 0.269. The van der Waals surface area contributed by atoms with Crippen LogP contribution in [0.2, 0.25) is 0 Å². The van der Waals surface area contributed by atoms with Crippen LogP contribution >= 0.6 is 0 Å². The van der Waals surface area contributed by atoms with Crippen LogP contribution in [-0.4, -0.2) is 48.4 Å². The molecule has 1 saturated heterocycles. The van der Waals surface area contributed by atoms with Crippen LogP contribution in [0.25, 0.3) is 0 Å². The summed E-state index contributed by atoms with van der Waals surface area (Å²) in [6, 6.07) is 25.0. The van der Waals surface area contributed by atoms with Crippen molar-refractivity contribution in [2.24, 2.45) is 0 Å². The highest BCUT2D eigenvalue weighted by molar-refractivity contribution is 6.01. The average molecular weight is 429 g/mol. The first-order valence-corrected chi connectivity index (χ1v) is 10.9. The number of carbonyl (C=O) groups is 2. The summed E-state index contributed by atoms with van der Waals surface area (Å²) in [6.07, 6.45) is 3.24. The first-order chi connectivity index (χ1) is 15.6. The van der Waals surface area contributed by atoms with Gasteiger partial charge in [-0.2, -0.15) is 0 Å². The number of likely N-dealkylation sites (N-methyl/N-ethyl adjacent to an activating group) is 1. The van der Waals surface area contributed by atoms with E-state index in [-0.39, 0.29) is 18.4 Å². The number of hydrogen-bond acceptors (Lipinski definition) is 4. The normalized spacial score (nSPS) is 18.7. The molecule has 4 rings (SSSR count). The number of nitrogens with zero attached hydrogens (tertiary/aromatic N) is 3. The van der Waals surface area contributed by atoms with Crippen LogP contribution in [0.3, 0.4) is 0 Å². The highest BCUT2D eigenvalue weighted by atomic mass is 16.2. The number of hydrogen-bond donors (Lipinski definition) is 1. The van der Waals surface area contributed by atoms with E-state index in [1.807, 2.05) is 78.9 Å². The SMILES string of the molecule is CNC(=O)[C@]1(c2ccccn2)CCCN(CC(=O)N(c2ccccc2)c2ccccc2)C1. The van der Waals surface area contributed by atoms with Crippen LogP contribution in [0, 0.1) is 0 Å². The average Bonchev–Trinajstić information content (AvgIpc) is 2.85. The van der Waals surface area contributed by atoms with E-state index in [4.69, 9.17) is 0 Å². The van der Waals surface area contributed by atoms with E-state index in [1.54, 1.807) is 18.1 Å². The van der Waals surface area contributed by atoms with Gasteiger partial charge in [-0.25, -0.2) is 0 Å². The molecule has 6 heteroatoms. The van der Waals surface area contributed by atoms with Gasteiger partial charge >= 0.3 is 0 Å². The molecule has 1 aromatic heterocycles. The molecule has 0 bridgehead atoms. The quantitative estimate of drug-likeness (QED) is 0.652. The number of anilines is 2. The lowest BCUT2D eigenvalue weighted by molar-refractivity contribution is -0.130. The Morgan fingerprint density at radius 1 is 0.969 bits per heavy atom. The lowest BCUT2D eigenvalue weighted by Gasteiger charge is -2.41. The van der Waals surface area contributed by atoms with Crippen LogP contribution < -0.4 is 10.2 Å². The zero-order valence-corrected chi connectivity index (χ0v) is 18.3. The smallest absolute Gasteiger partial charge is 0.245 e. The van der Waals surface area contributed by atoms with Gasteiger partial charge in [0.05, 0.1) is 12.2 Å². The minimum absolute atomic E-state index is 0.0314. The molecule has 1 N–H and O–H groups in total. The van der Waals surface area contributed by atoms with Crippen LogP contribution in [0.5, 0.6) is 0 Å². The van der Waals surface area contributed by atoms with Crippen molar-refractivity contribution in [3.8, 4) is 0 Å². The third-order valence-corrected chi connectivity index (χ3v) is 6.03. The summed E-state index contributed by atoms with van der Waals surface area (Å²) in [5.74, 6) is -0.0903. The number of carbonyl (C=O) groups excluding carboxylic acids is 2. The van der Waals surface area contributed by atoms with Crippen molar-refractivity contribution in [2.75, 3.05) is 31.6 Å². The Morgan fingerprint density at radius 2 is 1.59 bits per heavy atom. The molecular weight excluding hydrogens is 400 g/mol. The van der Waals surface area contributed by atoms with E-state index in [0.717, 1.165) is 30.0 Å². The van der Waals surface area contributed by atoms with E-state index < -0.39 is 5.41 Å². The molecule has 2 aromatic carbocycles. The summed E-state index contributed by atoms with van der Waals surface area (Å²) in [5.41, 5.74) is 1.63. The van der Waals surface area contributed by atoms with Crippen LogP contribution in [0.4, 0.5) is 11.4 Å². The fourth-order valence-corrected chi connectivity index (χ4v) is 4.53. The molecule has 0 radical (unpaired) electrons. The second kappa shape index (κ2) is 9.75. The maximum absolute atomic E-state index is 13.6. The number of nitrogens with one attached hydrogen (secondary N) is 1. The highest BCUT2D eigenvalue weighted by Gasteiger charge is 2.45. The van der Waals surface area contributed by atoms with Crippen LogP contribution in [0.15, 0.2) is 85.1 Å². The van der Waals surface area contributed by atoms with Gasteiger partial charge in [0.25, 0.3) is 0 Å². The molecule has 0 spiro atoms. The summed E-state index contributed by atoms with van der Waals surface area (Å²) < 4.78 is 0. The number of aromatic nitrogens is 1. The molecule has 1 aliphatic heterocycles. The topological polar surface area (TPSA) is 65.5 Å². The van der Waals surface area contributed by atoms with E-state index in [0.29, 0.717) is 13.0 Å². The molecule has 0 unspecified atom stereocenters. The molecular formula is C26H28N4O2. The van der Waals surface area contributed by atoms with E-state index in [9.17, 15) is 9.59 Å². The summed E-state index contributed by atoms with van der Waals surface area (Å²) in [7, 11) is 1.66. The molecule has 6 nitrogen and oxygen atoms in total. The van der Waals surface area contributed by atoms with Gasteiger partial charge in [-0.15, -0.1) is 0 Å². The molecule has 32 heavy (non-hydrogen) atoms. The second-order valence-corrected chi connectivity index (χ2v) is 8.09. The Balaban J connectivity index is 1.61. The predicted octanol–water partition coefficient (Wildman–Crippen LogP) is 3.53. The zero-order chi connectivity index (χ0) is 22.4. The van der Waals surface area contributed by atoms with E-state index >= 15 is 0 Å². The number of benzene rings is 2. The number of pyridine rings is 1. The third-order valence-electron chi connectivity index (χ3n) is 6.03. The van der Waals surface area contributed by atoms with Gasteiger partial charge in [0.15, 0.2) is 0 Å². The maximum Gasteiger partial charge on any atom is 0.245 e. The zero-order valence-electron chi connectivity index (χ0n) is 18.3. The predicted molar refractivity (Wildman–Crippen MR) is 126 cm³/mol. The lowest BCUT2D eigenvalue weighted by atomic mass is 9.75. The maximum atomic E-state index is 13.6. The molecule has 0 saturated carbocycles. The van der Waals surface area contributed by atoms with Crippen molar-refractivity contribution in [1.82, 2.24) is 15.2 Å².